The van der Waals surface area contributed by atoms with Gasteiger partial charge in [-0.2, -0.15) is 0 Å². The molecule has 0 bridgehead atoms. The Morgan fingerprint density at radius 2 is 1.72 bits per heavy atom. The van der Waals surface area contributed by atoms with Crippen LogP contribution in [0.25, 0.3) is 0 Å². The summed E-state index contributed by atoms with van der Waals surface area (Å²) in [6, 6.07) is 19.6. The summed E-state index contributed by atoms with van der Waals surface area (Å²) in [5.74, 6) is 0. The topological polar surface area (TPSA) is 29.3 Å². The highest BCUT2D eigenvalue weighted by Crippen LogP contribution is 2.33. The molecule has 0 saturated carbocycles. The van der Waals surface area contributed by atoms with Crippen LogP contribution >= 0.6 is 0 Å². The Kier molecular flexibility index (Phi) is 3.13. The Labute approximate surface area is 108 Å². The van der Waals surface area contributed by atoms with Gasteiger partial charge in [-0.25, -0.2) is 0 Å². The van der Waals surface area contributed by atoms with Crippen LogP contribution in [-0.4, -0.2) is 11.4 Å². The highest BCUT2D eigenvalue weighted by Gasteiger charge is 2.28. The van der Waals surface area contributed by atoms with Crippen LogP contribution in [-0.2, 0) is 13.1 Å². The zero-order chi connectivity index (χ0) is 12.4. The van der Waals surface area contributed by atoms with E-state index in [4.69, 9.17) is 5.73 Å². The van der Waals surface area contributed by atoms with Crippen molar-refractivity contribution >= 4 is 0 Å². The van der Waals surface area contributed by atoms with Crippen LogP contribution in [0.3, 0.4) is 0 Å². The van der Waals surface area contributed by atoms with Crippen LogP contribution in [0.15, 0.2) is 54.6 Å². The molecule has 0 saturated heterocycles. The molecular weight excluding hydrogens is 220 g/mol. The molecule has 2 aromatic carbocycles. The van der Waals surface area contributed by atoms with Gasteiger partial charge >= 0.3 is 0 Å². The molecule has 92 valence electrons. The maximum absolute atomic E-state index is 5.95. The summed E-state index contributed by atoms with van der Waals surface area (Å²) in [7, 11) is 0. The number of hydrogen-bond donors (Lipinski definition) is 1. The number of nitrogens with zero attached hydrogens (tertiary/aromatic N) is 1. The minimum Gasteiger partial charge on any atom is -0.329 e. The second kappa shape index (κ2) is 4.92. The second-order valence-corrected chi connectivity index (χ2v) is 4.84. The van der Waals surface area contributed by atoms with Crippen molar-refractivity contribution in [3.63, 3.8) is 0 Å². The summed E-state index contributed by atoms with van der Waals surface area (Å²) in [5.41, 5.74) is 10.1. The van der Waals surface area contributed by atoms with Gasteiger partial charge in [0.25, 0.3) is 0 Å². The maximum Gasteiger partial charge on any atom is 0.0480 e. The molecule has 3 rings (SSSR count). The third kappa shape index (κ3) is 2.05. The first-order valence-corrected chi connectivity index (χ1v) is 6.44. The van der Waals surface area contributed by atoms with Gasteiger partial charge in [0, 0.05) is 25.7 Å². The van der Waals surface area contributed by atoms with Crippen LogP contribution in [0.2, 0.25) is 0 Å². The third-order valence-corrected chi connectivity index (χ3v) is 3.68. The highest BCUT2D eigenvalue weighted by atomic mass is 15.2. The second-order valence-electron chi connectivity index (χ2n) is 4.84. The van der Waals surface area contributed by atoms with Crippen molar-refractivity contribution < 1.29 is 0 Å². The van der Waals surface area contributed by atoms with Crippen molar-refractivity contribution in [2.45, 2.75) is 19.1 Å². The molecule has 0 radical (unpaired) electrons. The number of rotatable bonds is 3. The van der Waals surface area contributed by atoms with Gasteiger partial charge in [0.05, 0.1) is 0 Å². The number of nitrogens with two attached hydrogens (primary N) is 1. The molecule has 2 nitrogen and oxygen atoms in total. The van der Waals surface area contributed by atoms with Crippen molar-refractivity contribution in [2.24, 2.45) is 5.73 Å². The lowest BCUT2D eigenvalue weighted by atomic mass is 10.1. The van der Waals surface area contributed by atoms with Gasteiger partial charge in [0.15, 0.2) is 0 Å². The van der Waals surface area contributed by atoms with Gasteiger partial charge in [-0.05, 0) is 16.7 Å². The molecule has 1 atom stereocenters. The van der Waals surface area contributed by atoms with E-state index < -0.39 is 0 Å². The van der Waals surface area contributed by atoms with Gasteiger partial charge in [0.2, 0.25) is 0 Å². The molecule has 18 heavy (non-hydrogen) atoms. The fourth-order valence-electron chi connectivity index (χ4n) is 2.79. The molecule has 0 aromatic heterocycles. The van der Waals surface area contributed by atoms with E-state index in [-0.39, 0.29) is 0 Å². The molecular formula is C16H18N2. The molecule has 0 fully saturated rings. The summed E-state index contributed by atoms with van der Waals surface area (Å²) in [4.78, 5) is 2.46. The summed E-state index contributed by atoms with van der Waals surface area (Å²) in [5, 5.41) is 0. The molecule has 0 unspecified atom stereocenters. The average molecular weight is 238 g/mol. The van der Waals surface area contributed by atoms with Crippen molar-refractivity contribution in [3.8, 4) is 0 Å². The van der Waals surface area contributed by atoms with Crippen LogP contribution in [0.1, 0.15) is 22.7 Å². The summed E-state index contributed by atoms with van der Waals surface area (Å²) < 4.78 is 0. The van der Waals surface area contributed by atoms with Gasteiger partial charge in [-0.1, -0.05) is 54.6 Å². The average Bonchev–Trinajstić information content (AvgIpc) is 2.77. The molecule has 2 aromatic rings. The van der Waals surface area contributed by atoms with E-state index in [1.165, 1.54) is 16.7 Å². The zero-order valence-corrected chi connectivity index (χ0v) is 10.4. The van der Waals surface area contributed by atoms with Crippen LogP contribution in [0.4, 0.5) is 0 Å². The number of hydrogen-bond acceptors (Lipinski definition) is 2. The normalized spacial score (nSPS) is 18.8. The van der Waals surface area contributed by atoms with Crippen molar-refractivity contribution in [3.05, 3.63) is 71.3 Å². The molecule has 2 N–H and O–H groups in total. The molecule has 0 amide bonds. The Hall–Kier alpha value is -1.64. The molecule has 0 aliphatic carbocycles. The first-order chi connectivity index (χ1) is 8.88. The zero-order valence-electron chi connectivity index (χ0n) is 10.4. The minimum absolute atomic E-state index is 0.362. The predicted octanol–water partition coefficient (Wildman–Crippen LogP) is 2.70. The first-order valence-electron chi connectivity index (χ1n) is 6.44. The van der Waals surface area contributed by atoms with Gasteiger partial charge in [-0.15, -0.1) is 0 Å². The molecule has 0 spiro atoms. The van der Waals surface area contributed by atoms with Crippen LogP contribution in [0, 0.1) is 0 Å². The first kappa shape index (κ1) is 11.5. The minimum atomic E-state index is 0.362. The fourth-order valence-corrected chi connectivity index (χ4v) is 2.79. The van der Waals surface area contributed by atoms with Crippen LogP contribution in [0.5, 0.6) is 0 Å². The van der Waals surface area contributed by atoms with E-state index in [1.807, 2.05) is 0 Å². The third-order valence-electron chi connectivity index (χ3n) is 3.68. The monoisotopic (exact) mass is 238 g/mol. The van der Waals surface area contributed by atoms with E-state index in [9.17, 15) is 0 Å². The summed E-state index contributed by atoms with van der Waals surface area (Å²) in [6.45, 7) is 2.66. The number of benzene rings is 2. The molecule has 1 aliphatic heterocycles. The molecule has 1 aliphatic rings. The fraction of sp³-hybridized carbons (Fsp3) is 0.250. The lowest BCUT2D eigenvalue weighted by molar-refractivity contribution is 0.211. The lowest BCUT2D eigenvalue weighted by Crippen LogP contribution is -2.27. The SMILES string of the molecule is NC[C@@H]1c2ccccc2CN1Cc1ccccc1. The van der Waals surface area contributed by atoms with E-state index in [1.54, 1.807) is 0 Å². The highest BCUT2D eigenvalue weighted by molar-refractivity contribution is 5.34. The number of fused-ring (bicyclic) bond motifs is 1. The van der Waals surface area contributed by atoms with Crippen molar-refractivity contribution in [1.29, 1.82) is 0 Å². The predicted molar refractivity (Wildman–Crippen MR) is 73.9 cm³/mol. The van der Waals surface area contributed by atoms with E-state index in [0.29, 0.717) is 12.6 Å². The summed E-state index contributed by atoms with van der Waals surface area (Å²) in [6.07, 6.45) is 0. The molecule has 1 heterocycles. The Morgan fingerprint density at radius 3 is 2.50 bits per heavy atom. The van der Waals surface area contributed by atoms with Crippen molar-refractivity contribution in [1.82, 2.24) is 4.90 Å². The quantitative estimate of drug-likeness (QED) is 0.891. The smallest absolute Gasteiger partial charge is 0.0480 e. The van der Waals surface area contributed by atoms with Gasteiger partial charge in [-0.3, -0.25) is 4.90 Å². The molecule has 2 heteroatoms. The lowest BCUT2D eigenvalue weighted by Gasteiger charge is -2.23. The maximum atomic E-state index is 5.95. The Balaban J connectivity index is 1.83. The van der Waals surface area contributed by atoms with Crippen molar-refractivity contribution in [2.75, 3.05) is 6.54 Å². The summed E-state index contributed by atoms with van der Waals surface area (Å²) >= 11 is 0. The van der Waals surface area contributed by atoms with Gasteiger partial charge < -0.3 is 5.73 Å². The van der Waals surface area contributed by atoms with E-state index >= 15 is 0 Å². The van der Waals surface area contributed by atoms with Crippen LogP contribution < -0.4 is 5.73 Å². The van der Waals surface area contributed by atoms with E-state index in [2.05, 4.69) is 59.5 Å². The Morgan fingerprint density at radius 1 is 1.00 bits per heavy atom. The van der Waals surface area contributed by atoms with E-state index in [0.717, 1.165) is 13.1 Å². The standard InChI is InChI=1S/C16H18N2/c17-10-16-15-9-5-4-8-14(15)12-18(16)11-13-6-2-1-3-7-13/h1-9,16H,10-12,17H2/t16-/m1/s1. The largest absolute Gasteiger partial charge is 0.329 e. The Bertz CT molecular complexity index is 522. The van der Waals surface area contributed by atoms with Gasteiger partial charge in [0.1, 0.15) is 0 Å².